The maximum absolute atomic E-state index is 3.80. The fraction of sp³-hybridized carbons (Fsp3) is 0.300. The van der Waals surface area contributed by atoms with E-state index >= 15 is 0 Å². The fourth-order valence-electron chi connectivity index (χ4n) is 0.974. The van der Waals surface area contributed by atoms with Crippen molar-refractivity contribution in [2.45, 2.75) is 19.3 Å². The molecule has 0 fully saturated rings. The number of hydrogen-bond donors (Lipinski definition) is 0. The Kier molecular flexibility index (Phi) is 8.09. The van der Waals surface area contributed by atoms with Gasteiger partial charge >= 0.3 is 51.4 Å². The van der Waals surface area contributed by atoms with Gasteiger partial charge in [0.15, 0.2) is 0 Å². The zero-order chi connectivity index (χ0) is 7.23. The van der Waals surface area contributed by atoms with E-state index < -0.39 is 0 Å². The molecule has 0 aliphatic heterocycles. The van der Waals surface area contributed by atoms with E-state index in [0.717, 1.165) is 6.42 Å². The minimum atomic E-state index is 0. The molecule has 0 atom stereocenters. The van der Waals surface area contributed by atoms with Gasteiger partial charge in [-0.05, 0) is 12.0 Å². The van der Waals surface area contributed by atoms with Crippen LogP contribution in [-0.2, 0) is 6.42 Å². The summed E-state index contributed by atoms with van der Waals surface area (Å²) in [5, 5.41) is 0. The quantitative estimate of drug-likeness (QED) is 0.439. The van der Waals surface area contributed by atoms with Gasteiger partial charge in [-0.15, -0.1) is 0 Å². The average molecular weight is 172 g/mol. The number of unbranched alkanes of at least 4 members (excludes halogenated alkanes) is 1. The van der Waals surface area contributed by atoms with Gasteiger partial charge in [0.05, 0.1) is 0 Å². The SMILES string of the molecule is [CH2-]CCCc1ccccc1.[K+]. The van der Waals surface area contributed by atoms with Crippen LogP contribution in [0, 0.1) is 6.92 Å². The molecule has 1 aromatic carbocycles. The summed E-state index contributed by atoms with van der Waals surface area (Å²) in [6.45, 7) is 3.80. The summed E-state index contributed by atoms with van der Waals surface area (Å²) in [7, 11) is 0. The minimum absolute atomic E-state index is 0. The normalized spacial score (nSPS) is 8.82. The van der Waals surface area contributed by atoms with Crippen molar-refractivity contribution in [2.75, 3.05) is 0 Å². The summed E-state index contributed by atoms with van der Waals surface area (Å²) < 4.78 is 0. The molecule has 0 nitrogen and oxygen atoms in total. The molecule has 0 spiro atoms. The summed E-state index contributed by atoms with van der Waals surface area (Å²) >= 11 is 0. The predicted octanol–water partition coefficient (Wildman–Crippen LogP) is -0.153. The Morgan fingerprint density at radius 1 is 1.09 bits per heavy atom. The summed E-state index contributed by atoms with van der Waals surface area (Å²) in [6.07, 6.45) is 3.41. The Balaban J connectivity index is 0.000001000. The molecule has 54 valence electrons. The van der Waals surface area contributed by atoms with E-state index in [1.807, 2.05) is 6.07 Å². The molecule has 0 saturated carbocycles. The number of aryl methyl sites for hydroxylation is 1. The first-order chi connectivity index (χ1) is 4.93. The topological polar surface area (TPSA) is 0 Å². The van der Waals surface area contributed by atoms with Gasteiger partial charge in [0.2, 0.25) is 0 Å². The minimum Gasteiger partial charge on any atom is -0.343 e. The third kappa shape index (κ3) is 5.15. The summed E-state index contributed by atoms with van der Waals surface area (Å²) in [6, 6.07) is 10.5. The van der Waals surface area contributed by atoms with Crippen LogP contribution in [0.15, 0.2) is 30.3 Å². The maximum atomic E-state index is 3.80. The molecule has 0 amide bonds. The third-order valence-corrected chi connectivity index (χ3v) is 1.56. The molecule has 11 heavy (non-hydrogen) atoms. The van der Waals surface area contributed by atoms with Crippen molar-refractivity contribution in [3.05, 3.63) is 42.8 Å². The van der Waals surface area contributed by atoms with Crippen molar-refractivity contribution >= 4 is 0 Å². The molecule has 0 heterocycles. The predicted molar refractivity (Wildman–Crippen MR) is 44.7 cm³/mol. The van der Waals surface area contributed by atoms with Gasteiger partial charge in [0, 0.05) is 0 Å². The van der Waals surface area contributed by atoms with Crippen molar-refractivity contribution in [1.29, 1.82) is 0 Å². The molecular weight excluding hydrogens is 159 g/mol. The van der Waals surface area contributed by atoms with Crippen molar-refractivity contribution in [1.82, 2.24) is 0 Å². The standard InChI is InChI=1S/C10H13.K/c1-2-3-7-10-8-5-4-6-9-10;/h4-6,8-9H,1-3,7H2;/q-1;+1. The van der Waals surface area contributed by atoms with Gasteiger partial charge in [-0.25, -0.2) is 0 Å². The first-order valence-corrected chi connectivity index (χ1v) is 3.76. The monoisotopic (exact) mass is 172 g/mol. The Morgan fingerprint density at radius 2 is 1.73 bits per heavy atom. The van der Waals surface area contributed by atoms with Crippen LogP contribution in [0.3, 0.4) is 0 Å². The third-order valence-electron chi connectivity index (χ3n) is 1.56. The largest absolute Gasteiger partial charge is 1.00 e. The van der Waals surface area contributed by atoms with Crippen LogP contribution < -0.4 is 51.4 Å². The van der Waals surface area contributed by atoms with Gasteiger partial charge in [-0.2, -0.15) is 6.42 Å². The molecule has 1 rings (SSSR count). The Labute approximate surface area is 112 Å². The van der Waals surface area contributed by atoms with E-state index in [0.29, 0.717) is 0 Å². The Bertz CT molecular complexity index is 169. The number of hydrogen-bond acceptors (Lipinski definition) is 0. The van der Waals surface area contributed by atoms with Crippen LogP contribution >= 0.6 is 0 Å². The second kappa shape index (κ2) is 7.50. The molecule has 1 heteroatoms. The second-order valence-corrected chi connectivity index (χ2v) is 2.44. The van der Waals surface area contributed by atoms with E-state index in [4.69, 9.17) is 0 Å². The van der Waals surface area contributed by atoms with E-state index in [2.05, 4.69) is 31.2 Å². The Morgan fingerprint density at radius 3 is 2.27 bits per heavy atom. The van der Waals surface area contributed by atoms with Crippen molar-refractivity contribution in [3.8, 4) is 0 Å². The molecule has 0 saturated heterocycles. The van der Waals surface area contributed by atoms with Crippen molar-refractivity contribution < 1.29 is 51.4 Å². The molecule has 0 radical (unpaired) electrons. The van der Waals surface area contributed by atoms with Crippen LogP contribution in [-0.4, -0.2) is 0 Å². The van der Waals surface area contributed by atoms with Crippen molar-refractivity contribution in [3.63, 3.8) is 0 Å². The van der Waals surface area contributed by atoms with E-state index in [1.165, 1.54) is 18.4 Å². The van der Waals surface area contributed by atoms with Crippen LogP contribution in [0.1, 0.15) is 18.4 Å². The van der Waals surface area contributed by atoms with Gasteiger partial charge in [0.1, 0.15) is 0 Å². The number of rotatable bonds is 3. The summed E-state index contributed by atoms with van der Waals surface area (Å²) in [5.41, 5.74) is 1.42. The van der Waals surface area contributed by atoms with E-state index in [1.54, 1.807) is 0 Å². The van der Waals surface area contributed by atoms with Gasteiger partial charge in [-0.1, -0.05) is 36.8 Å². The second-order valence-electron chi connectivity index (χ2n) is 2.44. The van der Waals surface area contributed by atoms with Crippen LogP contribution in [0.25, 0.3) is 0 Å². The van der Waals surface area contributed by atoms with E-state index in [9.17, 15) is 0 Å². The zero-order valence-corrected chi connectivity index (χ0v) is 10.3. The maximum Gasteiger partial charge on any atom is 1.00 e. The molecule has 0 aromatic heterocycles. The Hall–Kier alpha value is 0.856. The van der Waals surface area contributed by atoms with Crippen LogP contribution in [0.5, 0.6) is 0 Å². The summed E-state index contributed by atoms with van der Waals surface area (Å²) in [4.78, 5) is 0. The molecule has 0 aliphatic rings. The number of benzene rings is 1. The molecule has 0 aliphatic carbocycles. The molecule has 0 bridgehead atoms. The zero-order valence-electron chi connectivity index (χ0n) is 7.22. The average Bonchev–Trinajstić information content (AvgIpc) is 2.03. The fourth-order valence-corrected chi connectivity index (χ4v) is 0.974. The van der Waals surface area contributed by atoms with E-state index in [-0.39, 0.29) is 51.4 Å². The van der Waals surface area contributed by atoms with Crippen LogP contribution in [0.4, 0.5) is 0 Å². The van der Waals surface area contributed by atoms with Crippen LogP contribution in [0.2, 0.25) is 0 Å². The molecular formula is C10H13K. The first-order valence-electron chi connectivity index (χ1n) is 3.76. The molecule has 0 N–H and O–H groups in total. The van der Waals surface area contributed by atoms with Gasteiger partial charge < -0.3 is 6.92 Å². The van der Waals surface area contributed by atoms with Crippen molar-refractivity contribution in [2.24, 2.45) is 0 Å². The van der Waals surface area contributed by atoms with Gasteiger partial charge in [-0.3, -0.25) is 0 Å². The van der Waals surface area contributed by atoms with Gasteiger partial charge in [0.25, 0.3) is 0 Å². The smallest absolute Gasteiger partial charge is 0.343 e. The summed E-state index contributed by atoms with van der Waals surface area (Å²) in [5.74, 6) is 0. The molecule has 0 unspecified atom stereocenters. The first kappa shape index (κ1) is 11.9. The molecule has 1 aromatic rings.